The Morgan fingerprint density at radius 2 is 2.12 bits per heavy atom. The molecule has 0 aliphatic rings. The van der Waals surface area contributed by atoms with E-state index in [2.05, 4.69) is 5.32 Å². The maximum atomic E-state index is 11.7. The SMILES string of the molecule is CCC[C@H](NC(=O)N(CC)CCC#N)C(=O)O. The summed E-state index contributed by atoms with van der Waals surface area (Å²) in [6.45, 7) is 4.41. The number of carboxylic acids is 1. The van der Waals surface area contributed by atoms with Gasteiger partial charge in [-0.2, -0.15) is 5.26 Å². The molecule has 0 saturated carbocycles. The van der Waals surface area contributed by atoms with Gasteiger partial charge in [0.15, 0.2) is 0 Å². The predicted octanol–water partition coefficient (Wildman–Crippen LogP) is 1.18. The van der Waals surface area contributed by atoms with Crippen LogP contribution in [-0.4, -0.2) is 41.1 Å². The van der Waals surface area contributed by atoms with Gasteiger partial charge in [-0.3, -0.25) is 0 Å². The summed E-state index contributed by atoms with van der Waals surface area (Å²) in [5, 5.41) is 19.8. The number of nitrogens with zero attached hydrogens (tertiary/aromatic N) is 2. The van der Waals surface area contributed by atoms with Crippen molar-refractivity contribution in [3.8, 4) is 6.07 Å². The van der Waals surface area contributed by atoms with Gasteiger partial charge in [-0.05, 0) is 13.3 Å². The van der Waals surface area contributed by atoms with Crippen LogP contribution >= 0.6 is 0 Å². The van der Waals surface area contributed by atoms with Crippen LogP contribution in [0, 0.1) is 11.3 Å². The van der Waals surface area contributed by atoms with Crippen LogP contribution in [0.5, 0.6) is 0 Å². The van der Waals surface area contributed by atoms with Gasteiger partial charge in [-0.1, -0.05) is 13.3 Å². The van der Waals surface area contributed by atoms with E-state index in [1.807, 2.05) is 13.0 Å². The second kappa shape index (κ2) is 8.39. The number of aliphatic carboxylic acids is 1. The molecule has 0 aromatic carbocycles. The van der Waals surface area contributed by atoms with Crippen molar-refractivity contribution in [1.82, 2.24) is 10.2 Å². The molecule has 0 rings (SSSR count). The minimum Gasteiger partial charge on any atom is -0.480 e. The number of urea groups is 1. The van der Waals surface area contributed by atoms with Crippen LogP contribution in [0.15, 0.2) is 0 Å². The van der Waals surface area contributed by atoms with Crippen LogP contribution < -0.4 is 5.32 Å². The Morgan fingerprint density at radius 1 is 1.47 bits per heavy atom. The largest absolute Gasteiger partial charge is 0.480 e. The van der Waals surface area contributed by atoms with Crippen LogP contribution in [-0.2, 0) is 4.79 Å². The molecule has 2 N–H and O–H groups in total. The van der Waals surface area contributed by atoms with Crippen LogP contribution in [0.25, 0.3) is 0 Å². The molecule has 0 aliphatic heterocycles. The molecule has 0 aliphatic carbocycles. The van der Waals surface area contributed by atoms with Gasteiger partial charge in [-0.15, -0.1) is 0 Å². The fraction of sp³-hybridized carbons (Fsp3) is 0.727. The number of carbonyl (C=O) groups is 2. The zero-order chi connectivity index (χ0) is 13.3. The van der Waals surface area contributed by atoms with E-state index >= 15 is 0 Å². The molecular weight excluding hydrogens is 222 g/mol. The van der Waals surface area contributed by atoms with Crippen molar-refractivity contribution in [1.29, 1.82) is 5.26 Å². The van der Waals surface area contributed by atoms with Crippen molar-refractivity contribution in [2.24, 2.45) is 0 Å². The molecule has 2 amide bonds. The van der Waals surface area contributed by atoms with Gasteiger partial charge in [-0.25, -0.2) is 9.59 Å². The van der Waals surface area contributed by atoms with Gasteiger partial charge in [0.2, 0.25) is 0 Å². The molecule has 0 aromatic rings. The highest BCUT2D eigenvalue weighted by Gasteiger charge is 2.21. The van der Waals surface area contributed by atoms with Gasteiger partial charge in [0, 0.05) is 13.1 Å². The number of hydrogen-bond acceptors (Lipinski definition) is 3. The molecule has 0 spiro atoms. The lowest BCUT2D eigenvalue weighted by atomic mass is 10.2. The molecule has 0 radical (unpaired) electrons. The van der Waals surface area contributed by atoms with Gasteiger partial charge in [0.1, 0.15) is 6.04 Å². The summed E-state index contributed by atoms with van der Waals surface area (Å²) in [6.07, 6.45) is 1.32. The van der Waals surface area contributed by atoms with E-state index in [-0.39, 0.29) is 6.42 Å². The maximum Gasteiger partial charge on any atom is 0.326 e. The zero-order valence-electron chi connectivity index (χ0n) is 10.3. The molecule has 0 fully saturated rings. The third-order valence-electron chi connectivity index (χ3n) is 2.34. The Labute approximate surface area is 101 Å². The molecule has 6 nitrogen and oxygen atoms in total. The highest BCUT2D eigenvalue weighted by Crippen LogP contribution is 1.99. The molecule has 0 aromatic heterocycles. The Balaban J connectivity index is 4.36. The fourth-order valence-corrected chi connectivity index (χ4v) is 1.37. The molecule has 0 bridgehead atoms. The number of carbonyl (C=O) groups excluding carboxylic acids is 1. The Hall–Kier alpha value is -1.77. The number of hydrogen-bond donors (Lipinski definition) is 2. The molecular formula is C11H19N3O3. The minimum absolute atomic E-state index is 0.243. The molecule has 96 valence electrons. The monoisotopic (exact) mass is 241 g/mol. The highest BCUT2D eigenvalue weighted by molar-refractivity contribution is 5.82. The summed E-state index contributed by atoms with van der Waals surface area (Å²) in [5.41, 5.74) is 0. The van der Waals surface area contributed by atoms with E-state index in [0.29, 0.717) is 25.9 Å². The van der Waals surface area contributed by atoms with Crippen LogP contribution in [0.2, 0.25) is 0 Å². The summed E-state index contributed by atoms with van der Waals surface area (Å²) >= 11 is 0. The number of carboxylic acid groups (broad SMARTS) is 1. The van der Waals surface area contributed by atoms with Crippen molar-refractivity contribution >= 4 is 12.0 Å². The van der Waals surface area contributed by atoms with Gasteiger partial charge in [0.25, 0.3) is 0 Å². The van der Waals surface area contributed by atoms with Crippen molar-refractivity contribution < 1.29 is 14.7 Å². The van der Waals surface area contributed by atoms with E-state index in [1.54, 1.807) is 6.92 Å². The number of amides is 2. The fourth-order valence-electron chi connectivity index (χ4n) is 1.37. The first-order chi connectivity index (χ1) is 8.06. The topological polar surface area (TPSA) is 93.4 Å². The lowest BCUT2D eigenvalue weighted by molar-refractivity contribution is -0.139. The number of nitriles is 1. The van der Waals surface area contributed by atoms with Crippen LogP contribution in [0.4, 0.5) is 4.79 Å². The highest BCUT2D eigenvalue weighted by atomic mass is 16.4. The molecule has 0 saturated heterocycles. The lowest BCUT2D eigenvalue weighted by Crippen LogP contribution is -2.48. The van der Waals surface area contributed by atoms with E-state index in [4.69, 9.17) is 10.4 Å². The van der Waals surface area contributed by atoms with Crippen molar-refractivity contribution in [3.05, 3.63) is 0 Å². The van der Waals surface area contributed by atoms with Gasteiger partial charge >= 0.3 is 12.0 Å². The third kappa shape index (κ3) is 5.76. The quantitative estimate of drug-likeness (QED) is 0.700. The van der Waals surface area contributed by atoms with E-state index < -0.39 is 18.0 Å². The van der Waals surface area contributed by atoms with Crippen molar-refractivity contribution in [2.45, 2.75) is 39.2 Å². The summed E-state index contributed by atoms with van der Waals surface area (Å²) in [4.78, 5) is 24.0. The Morgan fingerprint density at radius 3 is 2.53 bits per heavy atom. The Bertz CT molecular complexity index is 299. The second-order valence-corrected chi connectivity index (χ2v) is 3.62. The van der Waals surface area contributed by atoms with E-state index in [1.165, 1.54) is 4.90 Å². The van der Waals surface area contributed by atoms with Crippen molar-refractivity contribution in [3.63, 3.8) is 0 Å². The molecule has 6 heteroatoms. The summed E-state index contributed by atoms with van der Waals surface area (Å²) < 4.78 is 0. The van der Waals surface area contributed by atoms with Crippen LogP contribution in [0.1, 0.15) is 33.1 Å². The first-order valence-electron chi connectivity index (χ1n) is 5.71. The minimum atomic E-state index is -1.03. The first-order valence-corrected chi connectivity index (χ1v) is 5.71. The molecule has 17 heavy (non-hydrogen) atoms. The average molecular weight is 241 g/mol. The summed E-state index contributed by atoms with van der Waals surface area (Å²) in [7, 11) is 0. The third-order valence-corrected chi connectivity index (χ3v) is 2.34. The van der Waals surface area contributed by atoms with Crippen molar-refractivity contribution in [2.75, 3.05) is 13.1 Å². The average Bonchev–Trinajstić information content (AvgIpc) is 2.29. The smallest absolute Gasteiger partial charge is 0.326 e. The lowest BCUT2D eigenvalue weighted by Gasteiger charge is -2.22. The first kappa shape index (κ1) is 15.2. The van der Waals surface area contributed by atoms with Gasteiger partial charge in [0.05, 0.1) is 12.5 Å². The second-order valence-electron chi connectivity index (χ2n) is 3.62. The van der Waals surface area contributed by atoms with E-state index in [9.17, 15) is 9.59 Å². The standard InChI is InChI=1S/C11H19N3O3/c1-3-6-9(10(15)16)13-11(17)14(4-2)8-5-7-12/h9H,3-6,8H2,1-2H3,(H,13,17)(H,15,16)/t9-/m0/s1. The molecule has 1 atom stereocenters. The normalized spacial score (nSPS) is 11.4. The maximum absolute atomic E-state index is 11.7. The predicted molar refractivity (Wildman–Crippen MR) is 62.3 cm³/mol. The summed E-state index contributed by atoms with van der Waals surface area (Å²) in [5.74, 6) is -1.03. The van der Waals surface area contributed by atoms with Gasteiger partial charge < -0.3 is 15.3 Å². The number of nitrogens with one attached hydrogen (secondary N) is 1. The van der Waals surface area contributed by atoms with E-state index in [0.717, 1.165) is 0 Å². The summed E-state index contributed by atoms with van der Waals surface area (Å²) in [6, 6.07) is 0.666. The van der Waals surface area contributed by atoms with Crippen LogP contribution in [0.3, 0.4) is 0 Å². The Kier molecular flexibility index (Phi) is 7.52. The zero-order valence-corrected chi connectivity index (χ0v) is 10.3. The number of rotatable bonds is 7. The molecule has 0 heterocycles. The molecule has 0 unspecified atom stereocenters.